The maximum Gasteiger partial charge on any atom is 0.274 e. The maximum absolute atomic E-state index is 5.86. The third-order valence-corrected chi connectivity index (χ3v) is 5.09. The zero-order valence-corrected chi connectivity index (χ0v) is 15.6. The molecule has 0 spiro atoms. The van der Waals surface area contributed by atoms with Crippen LogP contribution >= 0.6 is 11.3 Å². The highest BCUT2D eigenvalue weighted by Crippen LogP contribution is 2.30. The zero-order chi connectivity index (χ0) is 17.8. The molecule has 0 radical (unpaired) electrons. The molecule has 0 aliphatic heterocycles. The topological polar surface area (TPSA) is 61.8 Å². The predicted octanol–water partition coefficient (Wildman–Crippen LogP) is 2.59. The molecule has 1 N–H and O–H groups in total. The van der Waals surface area contributed by atoms with E-state index in [2.05, 4.69) is 24.2 Å². The van der Waals surface area contributed by atoms with E-state index in [9.17, 15) is 0 Å². The maximum atomic E-state index is 5.86. The molecule has 2 atom stereocenters. The number of hydrogen-bond acceptors (Lipinski definition) is 6. The van der Waals surface area contributed by atoms with E-state index in [0.29, 0.717) is 11.8 Å². The summed E-state index contributed by atoms with van der Waals surface area (Å²) >= 11 is 1.59. The Kier molecular flexibility index (Phi) is 5.35. The van der Waals surface area contributed by atoms with E-state index in [1.165, 1.54) is 4.90 Å². The van der Waals surface area contributed by atoms with Crippen LogP contribution in [-0.2, 0) is 6.54 Å². The molecule has 0 saturated heterocycles. The lowest BCUT2D eigenvalue weighted by atomic mass is 10.1. The van der Waals surface area contributed by atoms with E-state index in [-0.39, 0.29) is 6.04 Å². The van der Waals surface area contributed by atoms with Crippen molar-refractivity contribution < 1.29 is 18.8 Å². The highest BCUT2D eigenvalue weighted by molar-refractivity contribution is 7.13. The molecule has 2 aromatic heterocycles. The number of hydrogen-bond donors (Lipinski definition) is 1. The Morgan fingerprint density at radius 3 is 2.68 bits per heavy atom. The van der Waals surface area contributed by atoms with Crippen molar-refractivity contribution in [3.63, 3.8) is 0 Å². The normalized spacial score (nSPS) is 13.4. The van der Waals surface area contributed by atoms with Crippen LogP contribution in [0.15, 0.2) is 40.1 Å². The van der Waals surface area contributed by atoms with E-state index in [1.54, 1.807) is 25.6 Å². The summed E-state index contributed by atoms with van der Waals surface area (Å²) in [6, 6.07) is 9.91. The van der Waals surface area contributed by atoms with Crippen molar-refractivity contribution in [3.8, 4) is 22.3 Å². The molecule has 0 fully saturated rings. The Labute approximate surface area is 151 Å². The first-order chi connectivity index (χ1) is 12.1. The standard InChI is InChI=1S/C18H21N3O3S/c1-12(17-19-20-18(24-17)15-9-6-10-25-15)21(2)11-13-7-5-8-14(22-3)16(13)23-4/h5-10,12H,11H2,1-4H3/p+1/t12-/m1/s1. The molecule has 2 heterocycles. The quantitative estimate of drug-likeness (QED) is 0.702. The minimum absolute atomic E-state index is 0.0529. The van der Waals surface area contributed by atoms with Crippen LogP contribution in [0.2, 0.25) is 0 Å². The molecule has 7 heteroatoms. The monoisotopic (exact) mass is 360 g/mol. The highest BCUT2D eigenvalue weighted by atomic mass is 32.1. The summed E-state index contributed by atoms with van der Waals surface area (Å²) < 4.78 is 16.8. The summed E-state index contributed by atoms with van der Waals surface area (Å²) in [5, 5.41) is 10.4. The molecule has 25 heavy (non-hydrogen) atoms. The molecule has 0 amide bonds. The van der Waals surface area contributed by atoms with Gasteiger partial charge in [0.05, 0.1) is 31.7 Å². The van der Waals surface area contributed by atoms with Gasteiger partial charge in [-0.2, -0.15) is 0 Å². The van der Waals surface area contributed by atoms with Gasteiger partial charge in [-0.25, -0.2) is 0 Å². The van der Waals surface area contributed by atoms with Crippen LogP contribution in [0.3, 0.4) is 0 Å². The van der Waals surface area contributed by atoms with Crippen molar-refractivity contribution in [1.82, 2.24) is 10.2 Å². The van der Waals surface area contributed by atoms with E-state index in [1.807, 2.05) is 35.7 Å². The first-order valence-electron chi connectivity index (χ1n) is 8.03. The van der Waals surface area contributed by atoms with Crippen LogP contribution in [0.25, 0.3) is 10.8 Å². The molecular formula is C18H22N3O3S+. The van der Waals surface area contributed by atoms with Crippen molar-refractivity contribution in [2.24, 2.45) is 0 Å². The van der Waals surface area contributed by atoms with Crippen LogP contribution in [0, 0.1) is 0 Å². The SMILES string of the molecule is COc1cccc(C[NH+](C)[C@H](C)c2nnc(-c3cccs3)o2)c1OC. The molecule has 132 valence electrons. The minimum atomic E-state index is 0.0529. The van der Waals surface area contributed by atoms with Crippen LogP contribution in [-0.4, -0.2) is 31.5 Å². The number of aromatic nitrogens is 2. The summed E-state index contributed by atoms with van der Waals surface area (Å²) in [5.74, 6) is 2.70. The predicted molar refractivity (Wildman–Crippen MR) is 96.2 cm³/mol. The van der Waals surface area contributed by atoms with E-state index in [4.69, 9.17) is 13.9 Å². The molecule has 3 aromatic rings. The first-order valence-corrected chi connectivity index (χ1v) is 8.91. The molecule has 1 aromatic carbocycles. The van der Waals surface area contributed by atoms with Crippen LogP contribution in [0.5, 0.6) is 11.5 Å². The molecule has 1 unspecified atom stereocenters. The van der Waals surface area contributed by atoms with Gasteiger partial charge >= 0.3 is 0 Å². The molecule has 3 rings (SSSR count). The first kappa shape index (κ1) is 17.4. The van der Waals surface area contributed by atoms with Gasteiger partial charge in [-0.15, -0.1) is 21.5 Å². The second-order valence-electron chi connectivity index (χ2n) is 5.82. The van der Waals surface area contributed by atoms with Crippen molar-refractivity contribution >= 4 is 11.3 Å². The number of quaternary nitrogens is 1. The van der Waals surface area contributed by atoms with Crippen LogP contribution in [0.1, 0.15) is 24.4 Å². The lowest BCUT2D eigenvalue weighted by Crippen LogP contribution is -3.07. The van der Waals surface area contributed by atoms with Crippen LogP contribution in [0.4, 0.5) is 0 Å². The number of ether oxygens (including phenoxy) is 2. The van der Waals surface area contributed by atoms with Gasteiger partial charge in [0.25, 0.3) is 11.8 Å². The molecule has 0 aliphatic rings. The van der Waals surface area contributed by atoms with Gasteiger partial charge < -0.3 is 18.8 Å². The van der Waals surface area contributed by atoms with Gasteiger partial charge in [-0.1, -0.05) is 12.1 Å². The average Bonchev–Trinajstić information content (AvgIpc) is 3.31. The summed E-state index contributed by atoms with van der Waals surface area (Å²) in [6.07, 6.45) is 0. The Hall–Kier alpha value is -2.38. The van der Waals surface area contributed by atoms with Gasteiger partial charge in [0, 0.05) is 0 Å². The summed E-state index contributed by atoms with van der Waals surface area (Å²) in [5.41, 5.74) is 1.07. The fourth-order valence-corrected chi connectivity index (χ4v) is 3.31. The second kappa shape index (κ2) is 7.67. The smallest absolute Gasteiger partial charge is 0.274 e. The number of benzene rings is 1. The number of methoxy groups -OCH3 is 2. The largest absolute Gasteiger partial charge is 0.493 e. The Morgan fingerprint density at radius 1 is 1.16 bits per heavy atom. The lowest BCUT2D eigenvalue weighted by Gasteiger charge is -2.20. The average molecular weight is 360 g/mol. The third-order valence-electron chi connectivity index (χ3n) is 4.24. The molecule has 0 aliphatic carbocycles. The van der Waals surface area contributed by atoms with Crippen molar-refractivity contribution in [3.05, 3.63) is 47.2 Å². The zero-order valence-electron chi connectivity index (χ0n) is 14.8. The highest BCUT2D eigenvalue weighted by Gasteiger charge is 2.24. The van der Waals surface area contributed by atoms with Gasteiger partial charge in [0.1, 0.15) is 6.54 Å². The van der Waals surface area contributed by atoms with Gasteiger partial charge in [-0.3, -0.25) is 0 Å². The molecule has 6 nitrogen and oxygen atoms in total. The van der Waals surface area contributed by atoms with Gasteiger partial charge in [0.15, 0.2) is 17.5 Å². The Morgan fingerprint density at radius 2 is 2.00 bits per heavy atom. The van der Waals surface area contributed by atoms with Gasteiger partial charge in [-0.05, 0) is 30.5 Å². The fraction of sp³-hybridized carbons (Fsp3) is 0.333. The van der Waals surface area contributed by atoms with Crippen molar-refractivity contribution in [2.75, 3.05) is 21.3 Å². The van der Waals surface area contributed by atoms with Crippen LogP contribution < -0.4 is 14.4 Å². The Balaban J connectivity index is 1.76. The summed E-state index contributed by atoms with van der Waals surface area (Å²) in [4.78, 5) is 2.20. The van der Waals surface area contributed by atoms with E-state index >= 15 is 0 Å². The number of para-hydroxylation sites is 1. The Bertz CT molecular complexity index is 817. The molecule has 0 bridgehead atoms. The lowest BCUT2D eigenvalue weighted by molar-refractivity contribution is -0.925. The van der Waals surface area contributed by atoms with E-state index < -0.39 is 0 Å². The summed E-state index contributed by atoms with van der Waals surface area (Å²) in [6.45, 7) is 2.83. The molecule has 0 saturated carbocycles. The summed E-state index contributed by atoms with van der Waals surface area (Å²) in [7, 11) is 5.40. The number of rotatable bonds is 7. The molecular weight excluding hydrogens is 338 g/mol. The number of nitrogens with zero attached hydrogens (tertiary/aromatic N) is 2. The van der Waals surface area contributed by atoms with Crippen molar-refractivity contribution in [2.45, 2.75) is 19.5 Å². The third kappa shape index (κ3) is 3.67. The van der Waals surface area contributed by atoms with E-state index in [0.717, 1.165) is 28.5 Å². The number of thiophene rings is 1. The minimum Gasteiger partial charge on any atom is -0.493 e. The fourth-order valence-electron chi connectivity index (χ4n) is 2.67. The number of nitrogens with one attached hydrogen (secondary N) is 1. The second-order valence-corrected chi connectivity index (χ2v) is 6.77. The van der Waals surface area contributed by atoms with Gasteiger partial charge in [0.2, 0.25) is 0 Å². The van der Waals surface area contributed by atoms with Crippen molar-refractivity contribution in [1.29, 1.82) is 0 Å².